The second kappa shape index (κ2) is 9.09. The van der Waals surface area contributed by atoms with E-state index in [-0.39, 0.29) is 11.0 Å². The quantitative estimate of drug-likeness (QED) is 0.375. The Balaban J connectivity index is 1.44. The van der Waals surface area contributed by atoms with Crippen molar-refractivity contribution in [1.29, 1.82) is 5.26 Å². The molecule has 0 bridgehead atoms. The zero-order valence-corrected chi connectivity index (χ0v) is 19.0. The summed E-state index contributed by atoms with van der Waals surface area (Å²) >= 11 is 2.20. The van der Waals surface area contributed by atoms with Gasteiger partial charge in [-0.3, -0.25) is 4.98 Å². The molecule has 0 N–H and O–H groups in total. The third kappa shape index (κ3) is 4.64. The van der Waals surface area contributed by atoms with Crippen LogP contribution in [0.25, 0.3) is 0 Å². The Morgan fingerprint density at radius 1 is 1.14 bits per heavy atom. The van der Waals surface area contributed by atoms with E-state index in [2.05, 4.69) is 51.8 Å². The summed E-state index contributed by atoms with van der Waals surface area (Å²) in [6, 6.07) is 10.6. The molecule has 0 radical (unpaired) electrons. The molecule has 1 atom stereocenters. The Morgan fingerprint density at radius 3 is 2.72 bits per heavy atom. The maximum absolute atomic E-state index is 9.06. The van der Waals surface area contributed by atoms with Crippen LogP contribution in [0.5, 0.6) is 0 Å². The lowest BCUT2D eigenvalue weighted by Gasteiger charge is -2.46. The van der Waals surface area contributed by atoms with Gasteiger partial charge in [0, 0.05) is 33.7 Å². The summed E-state index contributed by atoms with van der Waals surface area (Å²) in [5.74, 6) is 0. The molecular formula is C24H28IN3O. The van der Waals surface area contributed by atoms with Crippen LogP contribution >= 0.6 is 22.6 Å². The average Bonchev–Trinajstić information content (AvgIpc) is 3.19. The van der Waals surface area contributed by atoms with Gasteiger partial charge >= 0.3 is 0 Å². The Morgan fingerprint density at radius 2 is 2.00 bits per heavy atom. The van der Waals surface area contributed by atoms with Crippen molar-refractivity contribution in [3.05, 3.63) is 57.2 Å². The highest BCUT2D eigenvalue weighted by molar-refractivity contribution is 14.1. The van der Waals surface area contributed by atoms with Crippen LogP contribution in [-0.2, 0) is 16.6 Å². The molecule has 1 spiro atoms. The third-order valence-corrected chi connectivity index (χ3v) is 7.57. The summed E-state index contributed by atoms with van der Waals surface area (Å²) in [5, 5.41) is 9.06. The molecule has 29 heavy (non-hydrogen) atoms. The minimum atomic E-state index is 0.0862. The molecule has 2 aromatic rings. The predicted molar refractivity (Wildman–Crippen MR) is 122 cm³/mol. The Hall–Kier alpha value is -1.52. The standard InChI is InChI=1S/C24H28IN3O/c25-20-15-19(17-28-21(20)16-26)7-1-3-9-23(22-8-2-6-13-27-22)12-14-29-24(18-23)10-4-5-11-24/h2,6,8,13,15,17H,1,3-5,7,9-12,14,18H2. The van der Waals surface area contributed by atoms with E-state index in [0.717, 1.165) is 42.3 Å². The number of aryl methyl sites for hydroxylation is 1. The lowest BCUT2D eigenvalue weighted by Crippen LogP contribution is -2.46. The molecule has 1 aliphatic carbocycles. The summed E-state index contributed by atoms with van der Waals surface area (Å²) in [6.07, 6.45) is 15.5. The van der Waals surface area contributed by atoms with Gasteiger partial charge in [0.1, 0.15) is 6.07 Å². The van der Waals surface area contributed by atoms with Gasteiger partial charge < -0.3 is 4.74 Å². The maximum Gasteiger partial charge on any atom is 0.153 e. The smallest absolute Gasteiger partial charge is 0.153 e. The summed E-state index contributed by atoms with van der Waals surface area (Å²) in [5.41, 5.74) is 3.22. The van der Waals surface area contributed by atoms with Crippen molar-refractivity contribution in [3.8, 4) is 6.07 Å². The number of rotatable bonds is 6. The van der Waals surface area contributed by atoms with Crippen LogP contribution in [0.1, 0.15) is 74.7 Å². The van der Waals surface area contributed by atoms with Crippen molar-refractivity contribution in [2.75, 3.05) is 6.61 Å². The summed E-state index contributed by atoms with van der Waals surface area (Å²) in [6.45, 7) is 0.855. The van der Waals surface area contributed by atoms with E-state index in [9.17, 15) is 0 Å². The Labute approximate surface area is 187 Å². The van der Waals surface area contributed by atoms with Crippen molar-refractivity contribution < 1.29 is 4.74 Å². The molecule has 1 saturated heterocycles. The largest absolute Gasteiger partial charge is 0.375 e. The third-order valence-electron chi connectivity index (χ3n) is 6.75. The summed E-state index contributed by atoms with van der Waals surface area (Å²) in [4.78, 5) is 9.08. The van der Waals surface area contributed by atoms with E-state index in [4.69, 9.17) is 15.0 Å². The van der Waals surface area contributed by atoms with E-state index >= 15 is 0 Å². The van der Waals surface area contributed by atoms with Gasteiger partial charge in [0.15, 0.2) is 5.69 Å². The molecule has 2 fully saturated rings. The monoisotopic (exact) mass is 501 g/mol. The first-order valence-electron chi connectivity index (χ1n) is 10.7. The lowest BCUT2D eigenvalue weighted by atomic mass is 9.67. The van der Waals surface area contributed by atoms with Gasteiger partial charge in [0.05, 0.1) is 5.60 Å². The highest BCUT2D eigenvalue weighted by Gasteiger charge is 2.48. The van der Waals surface area contributed by atoms with E-state index in [1.54, 1.807) is 0 Å². The minimum absolute atomic E-state index is 0.0862. The molecular weight excluding hydrogens is 473 g/mol. The zero-order valence-electron chi connectivity index (χ0n) is 16.9. The fourth-order valence-electron chi connectivity index (χ4n) is 5.29. The highest BCUT2D eigenvalue weighted by Crippen LogP contribution is 2.50. The number of hydrogen-bond donors (Lipinski definition) is 0. The van der Waals surface area contributed by atoms with Gasteiger partial charge in [-0.2, -0.15) is 5.26 Å². The first-order chi connectivity index (χ1) is 14.1. The molecule has 2 aliphatic rings. The molecule has 1 aliphatic heterocycles. The number of hydrogen-bond acceptors (Lipinski definition) is 4. The van der Waals surface area contributed by atoms with Crippen molar-refractivity contribution in [2.24, 2.45) is 0 Å². The van der Waals surface area contributed by atoms with E-state index < -0.39 is 0 Å². The van der Waals surface area contributed by atoms with Gasteiger partial charge in [-0.15, -0.1) is 0 Å². The predicted octanol–water partition coefficient (Wildman–Crippen LogP) is 5.73. The second-order valence-corrected chi connectivity index (χ2v) is 9.82. The Kier molecular flexibility index (Phi) is 6.50. The van der Waals surface area contributed by atoms with E-state index in [0.29, 0.717) is 5.69 Å². The topological polar surface area (TPSA) is 58.8 Å². The summed E-state index contributed by atoms with van der Waals surface area (Å²) in [7, 11) is 0. The Bertz CT molecular complexity index is 873. The number of unbranched alkanes of at least 4 members (excludes halogenated alkanes) is 1. The first-order valence-corrected chi connectivity index (χ1v) is 11.8. The fraction of sp³-hybridized carbons (Fsp3) is 0.542. The highest BCUT2D eigenvalue weighted by atomic mass is 127. The molecule has 4 nitrogen and oxygen atoms in total. The minimum Gasteiger partial charge on any atom is -0.375 e. The zero-order chi connectivity index (χ0) is 20.2. The number of nitrogens with zero attached hydrogens (tertiary/aromatic N) is 3. The number of halogens is 1. The van der Waals surface area contributed by atoms with Gasteiger partial charge in [-0.1, -0.05) is 25.3 Å². The van der Waals surface area contributed by atoms with Crippen LogP contribution in [0.15, 0.2) is 36.7 Å². The van der Waals surface area contributed by atoms with E-state index in [1.165, 1.54) is 43.4 Å². The van der Waals surface area contributed by atoms with Crippen LogP contribution in [0, 0.1) is 14.9 Å². The average molecular weight is 501 g/mol. The van der Waals surface area contributed by atoms with Crippen molar-refractivity contribution in [1.82, 2.24) is 9.97 Å². The van der Waals surface area contributed by atoms with Crippen molar-refractivity contribution >= 4 is 22.6 Å². The lowest BCUT2D eigenvalue weighted by molar-refractivity contribution is -0.104. The maximum atomic E-state index is 9.06. The normalized spacial score (nSPS) is 23.2. The fourth-order valence-corrected chi connectivity index (χ4v) is 5.94. The molecule has 152 valence electrons. The van der Waals surface area contributed by atoms with Gasteiger partial charge in [0.25, 0.3) is 0 Å². The molecule has 3 heterocycles. The first kappa shape index (κ1) is 20.7. The molecule has 0 amide bonds. The molecule has 5 heteroatoms. The second-order valence-electron chi connectivity index (χ2n) is 8.65. The number of ether oxygens (including phenoxy) is 1. The molecule has 1 unspecified atom stereocenters. The molecule has 2 aromatic heterocycles. The van der Waals surface area contributed by atoms with Gasteiger partial charge in [-0.05, 0) is 91.3 Å². The molecule has 0 aromatic carbocycles. The van der Waals surface area contributed by atoms with Crippen LogP contribution in [0.4, 0.5) is 0 Å². The SMILES string of the molecule is N#Cc1ncc(CCCCC2(c3ccccn3)CCOC3(CCCC3)C2)cc1I. The number of nitriles is 1. The number of pyridine rings is 2. The van der Waals surface area contributed by atoms with Gasteiger partial charge in [-0.25, -0.2) is 4.98 Å². The molecule has 4 rings (SSSR count). The van der Waals surface area contributed by atoms with Crippen molar-refractivity contribution in [3.63, 3.8) is 0 Å². The van der Waals surface area contributed by atoms with Gasteiger partial charge in [0.2, 0.25) is 0 Å². The molecule has 1 saturated carbocycles. The van der Waals surface area contributed by atoms with Crippen LogP contribution in [-0.4, -0.2) is 22.2 Å². The van der Waals surface area contributed by atoms with Crippen LogP contribution < -0.4 is 0 Å². The van der Waals surface area contributed by atoms with Crippen LogP contribution in [0.2, 0.25) is 0 Å². The van der Waals surface area contributed by atoms with Crippen molar-refractivity contribution in [2.45, 2.75) is 75.2 Å². The van der Waals surface area contributed by atoms with Crippen LogP contribution in [0.3, 0.4) is 0 Å². The summed E-state index contributed by atoms with van der Waals surface area (Å²) < 4.78 is 7.30. The number of aromatic nitrogens is 2. The van der Waals surface area contributed by atoms with E-state index in [1.807, 2.05) is 18.5 Å².